The molecular formula is C5H10NOS. The van der Waals surface area contributed by atoms with Crippen molar-refractivity contribution in [3.8, 4) is 0 Å². The van der Waals surface area contributed by atoms with Crippen LogP contribution in [-0.2, 0) is 4.55 Å². The van der Waals surface area contributed by atoms with E-state index in [0.717, 1.165) is 0 Å². The van der Waals surface area contributed by atoms with Crippen molar-refractivity contribution in [2.45, 2.75) is 6.42 Å². The zero-order chi connectivity index (χ0) is 6.57. The average molecular weight is 132 g/mol. The van der Waals surface area contributed by atoms with Crippen molar-refractivity contribution in [3.63, 3.8) is 0 Å². The van der Waals surface area contributed by atoms with Crippen LogP contribution in [0.25, 0.3) is 0 Å². The fourth-order valence-corrected chi connectivity index (χ4v) is 0.735. The maximum absolute atomic E-state index is 10.3. The maximum atomic E-state index is 10.3. The van der Waals surface area contributed by atoms with E-state index < -0.39 is 10.8 Å². The normalized spacial score (nSPS) is 13.1. The molecular weight excluding hydrogens is 122 g/mol. The quantitative estimate of drug-likeness (QED) is 0.570. The van der Waals surface area contributed by atoms with Gasteiger partial charge in [0.15, 0.2) is 0 Å². The molecule has 0 rings (SSSR count). The molecule has 1 unspecified atom stereocenters. The maximum Gasteiger partial charge on any atom is 0.0203 e. The fourth-order valence-electron chi connectivity index (χ4n) is 0.245. The van der Waals surface area contributed by atoms with Gasteiger partial charge in [0.25, 0.3) is 0 Å². The molecule has 1 atom stereocenters. The van der Waals surface area contributed by atoms with Crippen LogP contribution in [0, 0.1) is 0 Å². The molecule has 0 aromatic carbocycles. The summed E-state index contributed by atoms with van der Waals surface area (Å²) in [5, 5.41) is 0. The van der Waals surface area contributed by atoms with Crippen LogP contribution in [-0.4, -0.2) is 11.6 Å². The standard InChI is InChI=1S/C5H10NOS/c1-5(6)3-4-8(2)7/h1-4,6H2. The minimum atomic E-state index is -0.977. The Morgan fingerprint density at radius 2 is 2.25 bits per heavy atom. The Bertz CT molecular complexity index is 97.0. The lowest BCUT2D eigenvalue weighted by Crippen LogP contribution is -1.95. The molecule has 0 saturated heterocycles. The van der Waals surface area contributed by atoms with Gasteiger partial charge in [-0.25, -0.2) is 0 Å². The number of allylic oxidation sites excluding steroid dienone is 1. The Balaban J connectivity index is 3.18. The summed E-state index contributed by atoms with van der Waals surface area (Å²) in [6, 6.07) is 0. The molecule has 47 valence electrons. The third kappa shape index (κ3) is 5.72. The number of rotatable bonds is 3. The van der Waals surface area contributed by atoms with Crippen molar-refractivity contribution in [1.82, 2.24) is 0 Å². The highest BCUT2D eigenvalue weighted by Gasteiger charge is 1.88. The van der Waals surface area contributed by atoms with Gasteiger partial charge in [0.05, 0.1) is 0 Å². The van der Waals surface area contributed by atoms with Crippen LogP contribution in [0.2, 0.25) is 0 Å². The van der Waals surface area contributed by atoms with Crippen LogP contribution in [0.4, 0.5) is 0 Å². The Morgan fingerprint density at radius 3 is 2.38 bits per heavy atom. The van der Waals surface area contributed by atoms with E-state index in [-0.39, 0.29) is 0 Å². The molecule has 0 aliphatic carbocycles. The van der Waals surface area contributed by atoms with E-state index in [1.807, 2.05) is 0 Å². The topological polar surface area (TPSA) is 45.9 Å². The molecule has 0 aliphatic rings. The largest absolute Gasteiger partial charge is 0.402 e. The van der Waals surface area contributed by atoms with Gasteiger partial charge in [0, 0.05) is 11.4 Å². The molecule has 8 heavy (non-hydrogen) atoms. The first kappa shape index (κ1) is 7.72. The van der Waals surface area contributed by atoms with E-state index in [9.17, 15) is 4.55 Å². The molecule has 0 spiro atoms. The Kier molecular flexibility index (Phi) is 3.56. The number of hydrogen-bond acceptors (Lipinski definition) is 1. The zero-order valence-electron chi connectivity index (χ0n) is 4.72. The summed E-state index contributed by atoms with van der Waals surface area (Å²) in [5.41, 5.74) is 5.76. The van der Waals surface area contributed by atoms with Gasteiger partial charge in [0.1, 0.15) is 0 Å². The van der Waals surface area contributed by atoms with Gasteiger partial charge in [-0.2, -0.15) is 4.55 Å². The van der Waals surface area contributed by atoms with Crippen molar-refractivity contribution in [2.24, 2.45) is 5.73 Å². The van der Waals surface area contributed by atoms with Crippen molar-refractivity contribution in [1.29, 1.82) is 0 Å². The van der Waals surface area contributed by atoms with E-state index in [1.54, 1.807) is 0 Å². The van der Waals surface area contributed by atoms with Gasteiger partial charge < -0.3 is 5.73 Å². The molecule has 0 amide bonds. The lowest BCUT2D eigenvalue weighted by Gasteiger charge is -1.94. The summed E-state index contributed by atoms with van der Waals surface area (Å²) in [5.74, 6) is 3.81. The molecule has 0 fully saturated rings. The minimum absolute atomic E-state index is 0.523. The Morgan fingerprint density at radius 1 is 1.75 bits per heavy atom. The van der Waals surface area contributed by atoms with Gasteiger partial charge in [-0.05, 0) is 23.1 Å². The van der Waals surface area contributed by atoms with Crippen molar-refractivity contribution in [3.05, 3.63) is 12.3 Å². The Hall–Kier alpha value is -0.280. The van der Waals surface area contributed by atoms with Gasteiger partial charge >= 0.3 is 0 Å². The molecule has 1 radical (unpaired) electrons. The van der Waals surface area contributed by atoms with Crippen LogP contribution in [0.15, 0.2) is 12.3 Å². The molecule has 0 bridgehead atoms. The molecule has 0 saturated carbocycles. The first-order valence-corrected chi connectivity index (χ1v) is 3.73. The van der Waals surface area contributed by atoms with E-state index in [1.165, 1.54) is 0 Å². The van der Waals surface area contributed by atoms with E-state index >= 15 is 0 Å². The summed E-state index contributed by atoms with van der Waals surface area (Å²) >= 11 is 0. The van der Waals surface area contributed by atoms with Crippen molar-refractivity contribution >= 4 is 16.6 Å². The summed E-state index contributed by atoms with van der Waals surface area (Å²) in [6.45, 7) is 3.44. The lowest BCUT2D eigenvalue weighted by molar-refractivity contribution is 0.528. The van der Waals surface area contributed by atoms with E-state index in [4.69, 9.17) is 5.73 Å². The van der Waals surface area contributed by atoms with Gasteiger partial charge in [-0.1, -0.05) is 6.58 Å². The summed E-state index contributed by atoms with van der Waals surface area (Å²) < 4.78 is 10.3. The number of nitrogens with two attached hydrogens (primary N) is 1. The molecule has 3 heteroatoms. The lowest BCUT2D eigenvalue weighted by atomic mass is 10.4. The summed E-state index contributed by atoms with van der Waals surface area (Å²) in [7, 11) is -0.977. The second-order valence-corrected chi connectivity index (χ2v) is 2.84. The van der Waals surface area contributed by atoms with E-state index in [2.05, 4.69) is 12.4 Å². The van der Waals surface area contributed by atoms with Gasteiger partial charge in [-0.3, -0.25) is 0 Å². The second kappa shape index (κ2) is 3.69. The van der Waals surface area contributed by atoms with Crippen LogP contribution >= 0.6 is 10.8 Å². The summed E-state index contributed by atoms with van der Waals surface area (Å²) in [6.07, 6.45) is 0.607. The fraction of sp³-hybridized carbons (Fsp3) is 0.400. The predicted molar refractivity (Wildman–Crippen MR) is 38.2 cm³/mol. The smallest absolute Gasteiger partial charge is 0.0203 e. The highest BCUT2D eigenvalue weighted by atomic mass is 32.2. The summed E-state index contributed by atoms with van der Waals surface area (Å²) in [4.78, 5) is 0. The van der Waals surface area contributed by atoms with Crippen LogP contribution in [0.5, 0.6) is 0 Å². The van der Waals surface area contributed by atoms with Crippen molar-refractivity contribution in [2.75, 3.05) is 5.75 Å². The third-order valence-electron chi connectivity index (χ3n) is 0.651. The predicted octanol–water partition coefficient (Wildman–Crippen LogP) is 0.895. The van der Waals surface area contributed by atoms with Crippen LogP contribution in [0.3, 0.4) is 0 Å². The monoisotopic (exact) mass is 132 g/mol. The molecule has 2 nitrogen and oxygen atoms in total. The first-order valence-electron chi connectivity index (χ1n) is 2.24. The molecule has 2 N–H and O–H groups in total. The van der Waals surface area contributed by atoms with Crippen molar-refractivity contribution < 1.29 is 4.55 Å². The average Bonchev–Trinajstić information content (AvgIpc) is 1.61. The minimum Gasteiger partial charge on any atom is -0.402 e. The third-order valence-corrected chi connectivity index (χ3v) is 1.31. The highest BCUT2D eigenvalue weighted by Crippen LogP contribution is 2.05. The first-order chi connectivity index (χ1) is 3.63. The zero-order valence-corrected chi connectivity index (χ0v) is 5.54. The highest BCUT2D eigenvalue weighted by molar-refractivity contribution is 8.08. The van der Waals surface area contributed by atoms with E-state index in [0.29, 0.717) is 17.9 Å². The Labute approximate surface area is 52.1 Å². The van der Waals surface area contributed by atoms with Gasteiger partial charge in [0.2, 0.25) is 0 Å². The number of hydrogen-bond donors (Lipinski definition) is 1. The SMILES string of the molecule is C=C(N)CCS(=C)[O]. The molecule has 0 heterocycles. The second-order valence-electron chi connectivity index (χ2n) is 1.55. The molecule has 0 aliphatic heterocycles. The van der Waals surface area contributed by atoms with Crippen LogP contribution < -0.4 is 5.73 Å². The molecule has 0 aromatic rings. The van der Waals surface area contributed by atoms with Gasteiger partial charge in [-0.15, -0.1) is 0 Å². The van der Waals surface area contributed by atoms with Crippen LogP contribution in [0.1, 0.15) is 6.42 Å². The molecule has 0 aromatic heterocycles.